The molecule has 1 heterocycles. The van der Waals surface area contributed by atoms with E-state index in [-0.39, 0.29) is 0 Å². The van der Waals surface area contributed by atoms with E-state index in [0.29, 0.717) is 0 Å². The summed E-state index contributed by atoms with van der Waals surface area (Å²) in [5.74, 6) is 0. The van der Waals surface area contributed by atoms with Crippen LogP contribution in [0.25, 0.3) is 82.1 Å². The highest BCUT2D eigenvalue weighted by Crippen LogP contribution is 2.46. The predicted molar refractivity (Wildman–Crippen MR) is 184 cm³/mol. The molecule has 9 aromatic rings. The number of hydrogen-bond acceptors (Lipinski definition) is 0. The maximum Gasteiger partial charge on any atom is 0.0626 e. The lowest BCUT2D eigenvalue weighted by Crippen LogP contribution is -1.94. The van der Waals surface area contributed by atoms with Gasteiger partial charge in [0.05, 0.1) is 11.0 Å². The summed E-state index contributed by atoms with van der Waals surface area (Å²) in [4.78, 5) is 0. The van der Waals surface area contributed by atoms with E-state index in [2.05, 4.69) is 168 Å². The van der Waals surface area contributed by atoms with Crippen molar-refractivity contribution >= 4 is 54.1 Å². The Labute approximate surface area is 249 Å². The zero-order valence-electron chi connectivity index (χ0n) is 23.5. The van der Waals surface area contributed by atoms with Crippen molar-refractivity contribution in [2.45, 2.75) is 0 Å². The Morgan fingerprint density at radius 1 is 0.326 bits per heavy atom. The minimum atomic E-state index is 1.18. The first-order valence-electron chi connectivity index (χ1n) is 14.9. The van der Waals surface area contributed by atoms with Crippen LogP contribution in [0.2, 0.25) is 0 Å². The van der Waals surface area contributed by atoms with E-state index in [1.807, 2.05) is 0 Å². The van der Waals surface area contributed by atoms with Gasteiger partial charge in [0.2, 0.25) is 0 Å². The summed E-state index contributed by atoms with van der Waals surface area (Å²) in [5.41, 5.74) is 8.63. The molecule has 9 rings (SSSR count). The highest BCUT2D eigenvalue weighted by molar-refractivity contribution is 6.37. The number of rotatable bonds is 3. The Morgan fingerprint density at radius 3 is 1.60 bits per heavy atom. The Bertz CT molecular complexity index is 2470. The van der Waals surface area contributed by atoms with Gasteiger partial charge in [-0.2, -0.15) is 0 Å². The molecule has 0 atom stereocenters. The molecule has 0 aliphatic heterocycles. The van der Waals surface area contributed by atoms with Crippen molar-refractivity contribution in [2.75, 3.05) is 0 Å². The van der Waals surface area contributed by atoms with E-state index >= 15 is 0 Å². The highest BCUT2D eigenvalue weighted by Gasteiger charge is 2.21. The van der Waals surface area contributed by atoms with Crippen LogP contribution >= 0.6 is 0 Å². The molecular weight excluding hydrogens is 518 g/mol. The van der Waals surface area contributed by atoms with Crippen LogP contribution in [0.3, 0.4) is 0 Å². The lowest BCUT2D eigenvalue weighted by molar-refractivity contribution is 1.19. The summed E-state index contributed by atoms with van der Waals surface area (Å²) in [6.45, 7) is 0. The second kappa shape index (κ2) is 9.44. The molecule has 1 aromatic heterocycles. The topological polar surface area (TPSA) is 4.93 Å². The smallest absolute Gasteiger partial charge is 0.0626 e. The highest BCUT2D eigenvalue weighted by atomic mass is 15.0. The van der Waals surface area contributed by atoms with Crippen molar-refractivity contribution < 1.29 is 0 Å². The number of benzene rings is 8. The molecule has 0 amide bonds. The predicted octanol–water partition coefficient (Wildman–Crippen LogP) is 11.6. The van der Waals surface area contributed by atoms with Crippen LogP contribution in [0.5, 0.6) is 0 Å². The van der Waals surface area contributed by atoms with Gasteiger partial charge in [0, 0.05) is 27.2 Å². The quantitative estimate of drug-likeness (QED) is 0.195. The SMILES string of the molecule is c1ccc(-c2ccc(-c3cc4c5ccccc5c5c(c6ccccc6n5-c5ccccc5)c4c4ccccc34)cc2)cc1. The summed E-state index contributed by atoms with van der Waals surface area (Å²) in [7, 11) is 0. The first-order chi connectivity index (χ1) is 21.4. The minimum absolute atomic E-state index is 1.18. The molecular formula is C42H27N. The van der Waals surface area contributed by atoms with Crippen LogP contribution in [-0.4, -0.2) is 4.57 Å². The molecule has 0 unspecified atom stereocenters. The first-order valence-corrected chi connectivity index (χ1v) is 14.9. The second-order valence-corrected chi connectivity index (χ2v) is 11.3. The fraction of sp³-hybridized carbons (Fsp3) is 0. The van der Waals surface area contributed by atoms with Gasteiger partial charge in [0.15, 0.2) is 0 Å². The van der Waals surface area contributed by atoms with Gasteiger partial charge < -0.3 is 4.57 Å². The van der Waals surface area contributed by atoms with E-state index in [1.54, 1.807) is 0 Å². The zero-order valence-corrected chi connectivity index (χ0v) is 23.5. The largest absolute Gasteiger partial charge is 0.309 e. The average molecular weight is 546 g/mol. The number of para-hydroxylation sites is 2. The minimum Gasteiger partial charge on any atom is -0.309 e. The summed E-state index contributed by atoms with van der Waals surface area (Å²) in [6.07, 6.45) is 0. The van der Waals surface area contributed by atoms with Gasteiger partial charge >= 0.3 is 0 Å². The molecule has 0 saturated carbocycles. The molecule has 200 valence electrons. The van der Waals surface area contributed by atoms with Crippen molar-refractivity contribution in [1.29, 1.82) is 0 Å². The van der Waals surface area contributed by atoms with Gasteiger partial charge in [-0.05, 0) is 68.1 Å². The Morgan fingerprint density at radius 2 is 0.860 bits per heavy atom. The Kier molecular flexibility index (Phi) is 5.27. The molecule has 0 spiro atoms. The third-order valence-electron chi connectivity index (χ3n) is 8.96. The van der Waals surface area contributed by atoms with Crippen LogP contribution in [0.15, 0.2) is 164 Å². The van der Waals surface area contributed by atoms with Gasteiger partial charge in [0.25, 0.3) is 0 Å². The van der Waals surface area contributed by atoms with Crippen molar-refractivity contribution in [1.82, 2.24) is 4.57 Å². The summed E-state index contributed by atoms with van der Waals surface area (Å²) < 4.78 is 2.46. The first kappa shape index (κ1) is 24.0. The van der Waals surface area contributed by atoms with Gasteiger partial charge in [-0.15, -0.1) is 0 Å². The summed E-state index contributed by atoms with van der Waals surface area (Å²) >= 11 is 0. The number of nitrogens with zero attached hydrogens (tertiary/aromatic N) is 1. The van der Waals surface area contributed by atoms with Crippen LogP contribution in [0.4, 0.5) is 0 Å². The van der Waals surface area contributed by atoms with Crippen LogP contribution in [0.1, 0.15) is 0 Å². The standard InChI is InChI=1S/C42H27N/c1-3-13-28(14-4-1)29-23-25-30(26-24-29)37-27-38-33-18-8-10-20-35(33)42-41(40(38)34-19-9-7-17-32(34)37)36-21-11-12-22-39(36)43(42)31-15-5-2-6-16-31/h1-27H. The number of aromatic nitrogens is 1. The summed E-state index contributed by atoms with van der Waals surface area (Å²) in [5, 5.41) is 10.3. The molecule has 0 aliphatic rings. The fourth-order valence-electron chi connectivity index (χ4n) is 7.09. The van der Waals surface area contributed by atoms with E-state index in [9.17, 15) is 0 Å². The normalized spacial score (nSPS) is 11.7. The molecule has 0 N–H and O–H groups in total. The molecule has 1 heteroatoms. The Balaban J connectivity index is 1.44. The van der Waals surface area contributed by atoms with E-state index in [4.69, 9.17) is 0 Å². The van der Waals surface area contributed by atoms with Crippen molar-refractivity contribution in [3.8, 4) is 27.9 Å². The van der Waals surface area contributed by atoms with Crippen molar-refractivity contribution in [3.63, 3.8) is 0 Å². The van der Waals surface area contributed by atoms with Gasteiger partial charge in [-0.3, -0.25) is 0 Å². The maximum atomic E-state index is 2.46. The Hall–Kier alpha value is -5.66. The molecule has 0 radical (unpaired) electrons. The molecule has 1 nitrogen and oxygen atoms in total. The second-order valence-electron chi connectivity index (χ2n) is 11.3. The molecule has 0 fully saturated rings. The maximum absolute atomic E-state index is 2.46. The molecule has 0 aliphatic carbocycles. The van der Waals surface area contributed by atoms with Crippen LogP contribution < -0.4 is 0 Å². The number of hydrogen-bond donors (Lipinski definition) is 0. The van der Waals surface area contributed by atoms with Crippen LogP contribution in [0, 0.1) is 0 Å². The van der Waals surface area contributed by atoms with Gasteiger partial charge in [0.1, 0.15) is 0 Å². The zero-order chi connectivity index (χ0) is 28.3. The van der Waals surface area contributed by atoms with E-state index in [1.165, 1.54) is 82.1 Å². The molecule has 0 saturated heterocycles. The number of fused-ring (bicyclic) bond motifs is 10. The molecule has 43 heavy (non-hydrogen) atoms. The van der Waals surface area contributed by atoms with Crippen molar-refractivity contribution in [3.05, 3.63) is 164 Å². The monoisotopic (exact) mass is 545 g/mol. The van der Waals surface area contributed by atoms with Crippen LogP contribution in [-0.2, 0) is 0 Å². The average Bonchev–Trinajstić information content (AvgIpc) is 3.44. The third kappa shape index (κ3) is 3.58. The van der Waals surface area contributed by atoms with E-state index < -0.39 is 0 Å². The molecule has 0 bridgehead atoms. The fourth-order valence-corrected chi connectivity index (χ4v) is 7.09. The van der Waals surface area contributed by atoms with Crippen molar-refractivity contribution in [2.24, 2.45) is 0 Å². The lowest BCUT2D eigenvalue weighted by atomic mass is 9.88. The molecule has 8 aromatic carbocycles. The van der Waals surface area contributed by atoms with E-state index in [0.717, 1.165) is 0 Å². The van der Waals surface area contributed by atoms with Gasteiger partial charge in [-0.1, -0.05) is 140 Å². The third-order valence-corrected chi connectivity index (χ3v) is 8.96. The van der Waals surface area contributed by atoms with Gasteiger partial charge in [-0.25, -0.2) is 0 Å². The summed E-state index contributed by atoms with van der Waals surface area (Å²) in [6, 6.07) is 59.6. The lowest BCUT2D eigenvalue weighted by Gasteiger charge is -2.16.